The van der Waals surface area contributed by atoms with Crippen molar-refractivity contribution in [2.24, 2.45) is 5.73 Å². The van der Waals surface area contributed by atoms with Crippen LogP contribution in [0.2, 0.25) is 0 Å². The molecule has 0 atom stereocenters. The van der Waals surface area contributed by atoms with Gasteiger partial charge in [-0.15, -0.1) is 0 Å². The van der Waals surface area contributed by atoms with Gasteiger partial charge in [0.25, 0.3) is 0 Å². The minimum atomic E-state index is 0.175. The highest BCUT2D eigenvalue weighted by Gasteiger charge is 2.19. The Hall–Kier alpha value is -1.39. The number of likely N-dealkylation sites (tertiary alicyclic amines) is 1. The topological polar surface area (TPSA) is 58.4 Å². The highest BCUT2D eigenvalue weighted by atomic mass is 16.1. The van der Waals surface area contributed by atoms with Gasteiger partial charge < -0.3 is 16.0 Å². The monoisotopic (exact) mass is 289 g/mol. The number of carbonyl (C=O) groups excluding carboxylic acids is 1. The number of piperidine rings is 1. The van der Waals surface area contributed by atoms with E-state index in [9.17, 15) is 4.79 Å². The van der Waals surface area contributed by atoms with E-state index in [2.05, 4.69) is 41.4 Å². The smallest absolute Gasteiger partial charge is 0.220 e. The van der Waals surface area contributed by atoms with Crippen LogP contribution in [0.15, 0.2) is 24.3 Å². The Morgan fingerprint density at radius 2 is 2.14 bits per heavy atom. The van der Waals surface area contributed by atoms with Crippen molar-refractivity contribution in [2.75, 3.05) is 26.2 Å². The molecule has 0 saturated carbocycles. The number of nitrogens with zero attached hydrogens (tertiary/aromatic N) is 1. The van der Waals surface area contributed by atoms with E-state index in [0.29, 0.717) is 19.0 Å². The fourth-order valence-electron chi connectivity index (χ4n) is 2.91. The number of hydrogen-bond donors (Lipinski definition) is 2. The number of hydrogen-bond acceptors (Lipinski definition) is 3. The van der Waals surface area contributed by atoms with Gasteiger partial charge in [0.15, 0.2) is 0 Å². The van der Waals surface area contributed by atoms with Crippen molar-refractivity contribution in [2.45, 2.75) is 38.6 Å². The van der Waals surface area contributed by atoms with Crippen LogP contribution in [0.3, 0.4) is 0 Å². The SMILES string of the molecule is Cc1cccc(CCC(=O)NC2CCN(CCN)CC2)c1. The molecule has 0 spiro atoms. The summed E-state index contributed by atoms with van der Waals surface area (Å²) in [7, 11) is 0. The summed E-state index contributed by atoms with van der Waals surface area (Å²) in [6.07, 6.45) is 3.47. The van der Waals surface area contributed by atoms with Crippen molar-refractivity contribution >= 4 is 5.91 Å². The molecule has 3 N–H and O–H groups in total. The average Bonchev–Trinajstić information content (AvgIpc) is 2.48. The Labute approximate surface area is 127 Å². The Bertz CT molecular complexity index is 453. The van der Waals surface area contributed by atoms with E-state index < -0.39 is 0 Å². The molecule has 0 bridgehead atoms. The molecule has 1 fully saturated rings. The van der Waals surface area contributed by atoms with Crippen molar-refractivity contribution in [1.82, 2.24) is 10.2 Å². The molecular weight excluding hydrogens is 262 g/mol. The van der Waals surface area contributed by atoms with E-state index in [4.69, 9.17) is 5.73 Å². The molecule has 1 aliphatic rings. The van der Waals surface area contributed by atoms with Gasteiger partial charge in [-0.1, -0.05) is 29.8 Å². The third-order valence-electron chi connectivity index (χ3n) is 4.12. The maximum absolute atomic E-state index is 12.0. The Balaban J connectivity index is 1.68. The van der Waals surface area contributed by atoms with Gasteiger partial charge in [0.1, 0.15) is 0 Å². The lowest BCUT2D eigenvalue weighted by Crippen LogP contribution is -2.45. The number of nitrogens with two attached hydrogens (primary N) is 1. The summed E-state index contributed by atoms with van der Waals surface area (Å²) in [4.78, 5) is 14.4. The minimum absolute atomic E-state index is 0.175. The van der Waals surface area contributed by atoms with Crippen LogP contribution in [0, 0.1) is 6.92 Å². The zero-order valence-corrected chi connectivity index (χ0v) is 13.0. The molecule has 1 heterocycles. The largest absolute Gasteiger partial charge is 0.353 e. The summed E-state index contributed by atoms with van der Waals surface area (Å²) in [6, 6.07) is 8.71. The van der Waals surface area contributed by atoms with Crippen LogP contribution in [0.5, 0.6) is 0 Å². The highest BCUT2D eigenvalue weighted by Crippen LogP contribution is 2.11. The molecular formula is C17H27N3O. The summed E-state index contributed by atoms with van der Waals surface area (Å²) >= 11 is 0. The first-order chi connectivity index (χ1) is 10.2. The summed E-state index contributed by atoms with van der Waals surface area (Å²) in [5.41, 5.74) is 8.06. The number of carbonyl (C=O) groups is 1. The first-order valence-electron chi connectivity index (χ1n) is 7.94. The Kier molecular flexibility index (Phi) is 6.21. The molecule has 1 aromatic rings. The molecule has 1 aromatic carbocycles. The number of nitrogens with one attached hydrogen (secondary N) is 1. The van der Waals surface area contributed by atoms with E-state index in [1.807, 2.05) is 0 Å². The standard InChI is InChI=1S/C17H27N3O/c1-14-3-2-4-15(13-14)5-6-17(21)19-16-7-10-20(11-8-16)12-9-18/h2-4,13,16H,5-12,18H2,1H3,(H,19,21). The van der Waals surface area contributed by atoms with Gasteiger partial charge in [0.05, 0.1) is 0 Å². The molecule has 21 heavy (non-hydrogen) atoms. The van der Waals surface area contributed by atoms with Crippen LogP contribution < -0.4 is 11.1 Å². The maximum Gasteiger partial charge on any atom is 0.220 e. The van der Waals surface area contributed by atoms with E-state index >= 15 is 0 Å². The molecule has 1 amide bonds. The predicted molar refractivity (Wildman–Crippen MR) is 86.2 cm³/mol. The molecule has 4 heteroatoms. The Morgan fingerprint density at radius 1 is 1.38 bits per heavy atom. The zero-order valence-electron chi connectivity index (χ0n) is 13.0. The average molecular weight is 289 g/mol. The molecule has 0 unspecified atom stereocenters. The molecule has 1 aliphatic heterocycles. The highest BCUT2D eigenvalue weighted by molar-refractivity contribution is 5.76. The van der Waals surface area contributed by atoms with E-state index in [1.165, 1.54) is 11.1 Å². The molecule has 1 saturated heterocycles. The lowest BCUT2D eigenvalue weighted by molar-refractivity contribution is -0.122. The number of amides is 1. The first kappa shape index (κ1) is 16.0. The Morgan fingerprint density at radius 3 is 2.81 bits per heavy atom. The van der Waals surface area contributed by atoms with Crippen molar-refractivity contribution in [1.29, 1.82) is 0 Å². The predicted octanol–water partition coefficient (Wildman–Crippen LogP) is 1.47. The van der Waals surface area contributed by atoms with Crippen molar-refractivity contribution in [3.63, 3.8) is 0 Å². The lowest BCUT2D eigenvalue weighted by Gasteiger charge is -2.32. The summed E-state index contributed by atoms with van der Waals surface area (Å²) in [6.45, 7) is 5.85. The number of rotatable bonds is 6. The van der Waals surface area contributed by atoms with Crippen LogP contribution >= 0.6 is 0 Å². The van der Waals surface area contributed by atoms with Crippen LogP contribution in [0.25, 0.3) is 0 Å². The van der Waals surface area contributed by atoms with Gasteiger partial charge in [0, 0.05) is 38.6 Å². The third-order valence-corrected chi connectivity index (χ3v) is 4.12. The van der Waals surface area contributed by atoms with E-state index in [1.54, 1.807) is 0 Å². The van der Waals surface area contributed by atoms with Gasteiger partial charge in [-0.3, -0.25) is 4.79 Å². The fraction of sp³-hybridized carbons (Fsp3) is 0.588. The van der Waals surface area contributed by atoms with E-state index in [0.717, 1.165) is 38.9 Å². The van der Waals surface area contributed by atoms with Crippen LogP contribution in [0.1, 0.15) is 30.4 Å². The molecule has 4 nitrogen and oxygen atoms in total. The number of aryl methyl sites for hydroxylation is 2. The third kappa shape index (κ3) is 5.48. The van der Waals surface area contributed by atoms with E-state index in [-0.39, 0.29) is 5.91 Å². The van der Waals surface area contributed by atoms with Crippen molar-refractivity contribution in [3.05, 3.63) is 35.4 Å². The van der Waals surface area contributed by atoms with Gasteiger partial charge in [-0.25, -0.2) is 0 Å². The molecule has 116 valence electrons. The lowest BCUT2D eigenvalue weighted by atomic mass is 10.0. The minimum Gasteiger partial charge on any atom is -0.353 e. The fourth-order valence-corrected chi connectivity index (χ4v) is 2.91. The van der Waals surface area contributed by atoms with Crippen LogP contribution in [0.4, 0.5) is 0 Å². The zero-order chi connectivity index (χ0) is 15.1. The first-order valence-corrected chi connectivity index (χ1v) is 7.94. The second-order valence-corrected chi connectivity index (χ2v) is 5.96. The quantitative estimate of drug-likeness (QED) is 0.834. The van der Waals surface area contributed by atoms with Crippen molar-refractivity contribution < 1.29 is 4.79 Å². The van der Waals surface area contributed by atoms with Crippen molar-refractivity contribution in [3.8, 4) is 0 Å². The van der Waals surface area contributed by atoms with Gasteiger partial charge in [-0.2, -0.15) is 0 Å². The van der Waals surface area contributed by atoms with Gasteiger partial charge in [0.2, 0.25) is 5.91 Å². The normalized spacial score (nSPS) is 16.9. The summed E-state index contributed by atoms with van der Waals surface area (Å²) in [5.74, 6) is 0.175. The van der Waals surface area contributed by atoms with Gasteiger partial charge >= 0.3 is 0 Å². The maximum atomic E-state index is 12.0. The summed E-state index contributed by atoms with van der Waals surface area (Å²) in [5, 5.41) is 3.17. The van der Waals surface area contributed by atoms with Crippen LogP contribution in [-0.4, -0.2) is 43.0 Å². The molecule has 0 aliphatic carbocycles. The second-order valence-electron chi connectivity index (χ2n) is 5.96. The van der Waals surface area contributed by atoms with Gasteiger partial charge in [-0.05, 0) is 31.7 Å². The molecule has 2 rings (SSSR count). The molecule has 0 radical (unpaired) electrons. The number of benzene rings is 1. The van der Waals surface area contributed by atoms with Crippen LogP contribution in [-0.2, 0) is 11.2 Å². The second kappa shape index (κ2) is 8.15. The molecule has 0 aromatic heterocycles. The summed E-state index contributed by atoms with van der Waals surface area (Å²) < 4.78 is 0.